The monoisotopic (exact) mass is 356 g/mol. The maximum Gasteiger partial charge on any atom is 0.336 e. The van der Waals surface area contributed by atoms with Crippen LogP contribution in [0.25, 0.3) is 0 Å². The molecule has 2 rings (SSSR count). The highest BCUT2D eigenvalue weighted by molar-refractivity contribution is 6.05. The van der Waals surface area contributed by atoms with Crippen LogP contribution in [0.15, 0.2) is 48.5 Å². The SMILES string of the molecule is CC(C)c1ccccc1OCC(=O)NNC(=O)c1ccccc1C(=O)O. The number of carboxylic acid groups (broad SMARTS) is 1. The fraction of sp³-hybridized carbons (Fsp3) is 0.211. The van der Waals surface area contributed by atoms with Crippen molar-refractivity contribution in [1.29, 1.82) is 0 Å². The molecular weight excluding hydrogens is 336 g/mol. The highest BCUT2D eigenvalue weighted by Crippen LogP contribution is 2.25. The Morgan fingerprint density at radius 3 is 2.23 bits per heavy atom. The molecule has 0 bridgehead atoms. The zero-order valence-corrected chi connectivity index (χ0v) is 14.5. The molecule has 2 aromatic carbocycles. The van der Waals surface area contributed by atoms with E-state index in [-0.39, 0.29) is 23.7 Å². The lowest BCUT2D eigenvalue weighted by Gasteiger charge is -2.14. The molecule has 0 aliphatic carbocycles. The van der Waals surface area contributed by atoms with E-state index < -0.39 is 17.8 Å². The Bertz CT molecular complexity index is 817. The summed E-state index contributed by atoms with van der Waals surface area (Å²) in [5, 5.41) is 9.09. The van der Waals surface area contributed by atoms with Crippen molar-refractivity contribution in [3.8, 4) is 5.75 Å². The third kappa shape index (κ3) is 4.83. The average molecular weight is 356 g/mol. The summed E-state index contributed by atoms with van der Waals surface area (Å²) in [5.74, 6) is -1.68. The average Bonchev–Trinajstić information content (AvgIpc) is 2.64. The molecule has 7 heteroatoms. The van der Waals surface area contributed by atoms with Gasteiger partial charge in [-0.05, 0) is 29.7 Å². The molecule has 2 aromatic rings. The lowest BCUT2D eigenvalue weighted by atomic mass is 10.0. The van der Waals surface area contributed by atoms with E-state index in [1.54, 1.807) is 6.07 Å². The number of aromatic carboxylic acids is 1. The van der Waals surface area contributed by atoms with Crippen LogP contribution in [0.1, 0.15) is 46.0 Å². The Kier molecular flexibility index (Phi) is 6.32. The molecule has 0 aliphatic rings. The summed E-state index contributed by atoms with van der Waals surface area (Å²) in [6.07, 6.45) is 0. The number of hydrogen-bond donors (Lipinski definition) is 3. The smallest absolute Gasteiger partial charge is 0.336 e. The van der Waals surface area contributed by atoms with Crippen LogP contribution in [0.3, 0.4) is 0 Å². The molecule has 26 heavy (non-hydrogen) atoms. The van der Waals surface area contributed by atoms with Gasteiger partial charge in [-0.2, -0.15) is 0 Å². The number of nitrogens with one attached hydrogen (secondary N) is 2. The second kappa shape index (κ2) is 8.66. The number of carbonyl (C=O) groups excluding carboxylic acids is 2. The largest absolute Gasteiger partial charge is 0.483 e. The van der Waals surface area contributed by atoms with E-state index in [1.165, 1.54) is 24.3 Å². The Morgan fingerprint density at radius 2 is 1.58 bits per heavy atom. The van der Waals surface area contributed by atoms with Gasteiger partial charge in [0.15, 0.2) is 6.61 Å². The highest BCUT2D eigenvalue weighted by atomic mass is 16.5. The van der Waals surface area contributed by atoms with Crippen LogP contribution in [0, 0.1) is 0 Å². The minimum atomic E-state index is -1.23. The lowest BCUT2D eigenvalue weighted by molar-refractivity contribution is -0.123. The van der Waals surface area contributed by atoms with Gasteiger partial charge < -0.3 is 9.84 Å². The van der Waals surface area contributed by atoms with Gasteiger partial charge in [0.05, 0.1) is 11.1 Å². The van der Waals surface area contributed by atoms with Crippen molar-refractivity contribution in [3.05, 3.63) is 65.2 Å². The van der Waals surface area contributed by atoms with E-state index in [9.17, 15) is 14.4 Å². The van der Waals surface area contributed by atoms with Gasteiger partial charge in [-0.15, -0.1) is 0 Å². The number of hydrazine groups is 1. The van der Waals surface area contributed by atoms with Gasteiger partial charge in [0.1, 0.15) is 5.75 Å². The van der Waals surface area contributed by atoms with Gasteiger partial charge in [0, 0.05) is 0 Å². The van der Waals surface area contributed by atoms with Gasteiger partial charge in [0.25, 0.3) is 11.8 Å². The summed E-state index contributed by atoms with van der Waals surface area (Å²) < 4.78 is 5.50. The Hall–Kier alpha value is -3.35. The van der Waals surface area contributed by atoms with Gasteiger partial charge in [0.2, 0.25) is 0 Å². The molecule has 0 spiro atoms. The van der Waals surface area contributed by atoms with Crippen LogP contribution in [-0.2, 0) is 4.79 Å². The van der Waals surface area contributed by atoms with E-state index in [2.05, 4.69) is 10.9 Å². The molecule has 0 radical (unpaired) electrons. The summed E-state index contributed by atoms with van der Waals surface area (Å²) in [6, 6.07) is 13.1. The maximum absolute atomic E-state index is 12.1. The van der Waals surface area contributed by atoms with E-state index in [0.29, 0.717) is 5.75 Å². The minimum absolute atomic E-state index is 0.0497. The molecule has 2 amide bonds. The summed E-state index contributed by atoms with van der Waals surface area (Å²) in [7, 11) is 0. The molecule has 3 N–H and O–H groups in total. The minimum Gasteiger partial charge on any atom is -0.483 e. The second-order valence-corrected chi connectivity index (χ2v) is 5.83. The predicted octanol–water partition coefficient (Wildman–Crippen LogP) is 2.35. The molecule has 0 saturated carbocycles. The second-order valence-electron chi connectivity index (χ2n) is 5.83. The number of ether oxygens (including phenoxy) is 1. The molecule has 7 nitrogen and oxygen atoms in total. The van der Waals surface area contributed by atoms with E-state index in [4.69, 9.17) is 9.84 Å². The molecule has 0 unspecified atom stereocenters. The van der Waals surface area contributed by atoms with E-state index in [0.717, 1.165) is 5.56 Å². The summed E-state index contributed by atoms with van der Waals surface area (Å²) in [4.78, 5) is 35.1. The third-order valence-corrected chi connectivity index (χ3v) is 3.62. The molecule has 0 saturated heterocycles. The van der Waals surface area contributed by atoms with Crippen molar-refractivity contribution in [3.63, 3.8) is 0 Å². The van der Waals surface area contributed by atoms with Crippen molar-refractivity contribution in [2.45, 2.75) is 19.8 Å². The summed E-state index contributed by atoms with van der Waals surface area (Å²) in [5.41, 5.74) is 5.17. The first-order valence-electron chi connectivity index (χ1n) is 8.03. The van der Waals surface area contributed by atoms with Crippen LogP contribution in [0.5, 0.6) is 5.75 Å². The first-order chi connectivity index (χ1) is 12.4. The molecule has 136 valence electrons. The number of carboxylic acids is 1. The van der Waals surface area contributed by atoms with Crippen LogP contribution < -0.4 is 15.6 Å². The number of carbonyl (C=O) groups is 3. The molecule has 0 fully saturated rings. The number of amides is 2. The fourth-order valence-electron chi connectivity index (χ4n) is 2.33. The van der Waals surface area contributed by atoms with Gasteiger partial charge in [-0.1, -0.05) is 44.2 Å². The van der Waals surface area contributed by atoms with Crippen molar-refractivity contribution in [1.82, 2.24) is 10.9 Å². The van der Waals surface area contributed by atoms with Crippen LogP contribution in [-0.4, -0.2) is 29.5 Å². The normalized spacial score (nSPS) is 10.3. The lowest BCUT2D eigenvalue weighted by Crippen LogP contribution is -2.44. The summed E-state index contributed by atoms with van der Waals surface area (Å²) in [6.45, 7) is 3.75. The van der Waals surface area contributed by atoms with E-state index >= 15 is 0 Å². The van der Waals surface area contributed by atoms with E-state index in [1.807, 2.05) is 32.0 Å². The van der Waals surface area contributed by atoms with Gasteiger partial charge >= 0.3 is 5.97 Å². The van der Waals surface area contributed by atoms with Crippen LogP contribution in [0.4, 0.5) is 0 Å². The molecule has 0 atom stereocenters. The quantitative estimate of drug-likeness (QED) is 0.689. The number of rotatable bonds is 6. The number of benzene rings is 2. The number of para-hydroxylation sites is 1. The Balaban J connectivity index is 1.92. The highest BCUT2D eigenvalue weighted by Gasteiger charge is 2.16. The molecule has 0 heterocycles. The van der Waals surface area contributed by atoms with Crippen molar-refractivity contribution in [2.24, 2.45) is 0 Å². The van der Waals surface area contributed by atoms with Crippen molar-refractivity contribution >= 4 is 17.8 Å². The Morgan fingerprint density at radius 1 is 0.962 bits per heavy atom. The first kappa shape index (κ1) is 19.0. The third-order valence-electron chi connectivity index (χ3n) is 3.62. The van der Waals surface area contributed by atoms with Crippen LogP contribution in [0.2, 0.25) is 0 Å². The zero-order valence-electron chi connectivity index (χ0n) is 14.5. The van der Waals surface area contributed by atoms with Crippen LogP contribution >= 0.6 is 0 Å². The zero-order chi connectivity index (χ0) is 19.1. The topological polar surface area (TPSA) is 105 Å². The molecular formula is C19H20N2O5. The van der Waals surface area contributed by atoms with Crippen molar-refractivity contribution in [2.75, 3.05) is 6.61 Å². The molecule has 0 aromatic heterocycles. The first-order valence-corrected chi connectivity index (χ1v) is 8.03. The van der Waals surface area contributed by atoms with Gasteiger partial charge in [-0.25, -0.2) is 4.79 Å². The van der Waals surface area contributed by atoms with Gasteiger partial charge in [-0.3, -0.25) is 20.4 Å². The standard InChI is InChI=1S/C19H20N2O5/c1-12(2)13-7-5-6-10-16(13)26-11-17(22)20-21-18(23)14-8-3-4-9-15(14)19(24)25/h3-10,12H,11H2,1-2H3,(H,20,22)(H,21,23)(H,24,25). The maximum atomic E-state index is 12.1. The fourth-order valence-corrected chi connectivity index (χ4v) is 2.33. The number of hydrogen-bond acceptors (Lipinski definition) is 4. The summed E-state index contributed by atoms with van der Waals surface area (Å²) >= 11 is 0. The predicted molar refractivity (Wildman–Crippen MR) is 95.0 cm³/mol. The molecule has 0 aliphatic heterocycles. The van der Waals surface area contributed by atoms with Crippen molar-refractivity contribution < 1.29 is 24.2 Å². The Labute approximate surface area is 151 Å².